The standard InChI is InChI=1S/C45H45F4N9O6/c1-50-41(60)28-5-3-4-6-33(28)52-35-19-39(51-20-31(35)45(47,48)49)53-34-8-7-25(16-38(34)64-2)56-13-11-24(12-14-56)21-55-22-26-15-27(23-55)57(26)37-18-30-29(17-32(37)46)43(62)58(44(30)63)36-9-10-40(59)54-42(36)61/h3-8,16-20,24,26-27,36H,9-15,21-23H2,1-2H3,(H,50,60)(H2,51,52,53)(H,54,59,61). The Hall–Kier alpha value is -6.76. The number of fused-ring (bicyclic) bond motifs is 3. The number of nitrogens with one attached hydrogen (secondary N) is 4. The summed E-state index contributed by atoms with van der Waals surface area (Å²) in [5.74, 6) is -2.61. The van der Waals surface area contributed by atoms with Crippen molar-refractivity contribution in [2.45, 2.75) is 56.4 Å². The first kappa shape index (κ1) is 42.5. The number of imide groups is 2. The molecule has 334 valence electrons. The van der Waals surface area contributed by atoms with E-state index in [1.54, 1.807) is 18.2 Å². The van der Waals surface area contributed by atoms with Gasteiger partial charge in [0.2, 0.25) is 11.8 Å². The fraction of sp³-hybridized carbons (Fsp3) is 0.378. The van der Waals surface area contributed by atoms with E-state index < -0.39 is 53.1 Å². The number of nitrogens with zero attached hydrogens (tertiary/aromatic N) is 5. The van der Waals surface area contributed by atoms with Gasteiger partial charge in [-0.3, -0.25) is 39.1 Å². The Bertz CT molecular complexity index is 2550. The maximum atomic E-state index is 15.7. The number of alkyl halides is 3. The van der Waals surface area contributed by atoms with E-state index in [1.165, 1.54) is 38.4 Å². The number of amides is 5. The predicted octanol–water partition coefficient (Wildman–Crippen LogP) is 5.68. The molecule has 4 aromatic rings. The number of pyridine rings is 1. The van der Waals surface area contributed by atoms with Crippen molar-refractivity contribution in [2.75, 3.05) is 67.3 Å². The van der Waals surface area contributed by atoms with Crippen LogP contribution in [0.4, 0.5) is 51.8 Å². The van der Waals surface area contributed by atoms with Crippen molar-refractivity contribution in [3.8, 4) is 5.75 Å². The number of piperazine rings is 1. The van der Waals surface area contributed by atoms with Crippen molar-refractivity contribution in [1.82, 2.24) is 25.4 Å². The van der Waals surface area contributed by atoms with Gasteiger partial charge in [0.15, 0.2) is 0 Å². The molecule has 2 bridgehead atoms. The summed E-state index contributed by atoms with van der Waals surface area (Å²) < 4.78 is 63.6. The van der Waals surface area contributed by atoms with Crippen LogP contribution in [-0.4, -0.2) is 109 Å². The first-order chi connectivity index (χ1) is 30.7. The minimum absolute atomic E-state index is 0.00308. The second-order valence-electron chi connectivity index (χ2n) is 16.8. The molecule has 5 amide bonds. The summed E-state index contributed by atoms with van der Waals surface area (Å²) in [4.78, 5) is 74.8. The van der Waals surface area contributed by atoms with Crippen molar-refractivity contribution >= 4 is 63.8 Å². The monoisotopic (exact) mass is 883 g/mol. The molecule has 4 N–H and O–H groups in total. The third-order valence-corrected chi connectivity index (χ3v) is 12.9. The van der Waals surface area contributed by atoms with Crippen molar-refractivity contribution < 1.29 is 46.3 Å². The Morgan fingerprint density at radius 3 is 2.30 bits per heavy atom. The molecule has 15 nitrogen and oxygen atoms in total. The topological polar surface area (TPSA) is 169 Å². The molecule has 6 aliphatic heterocycles. The molecule has 0 aliphatic carbocycles. The molecule has 6 aliphatic rings. The zero-order valence-corrected chi connectivity index (χ0v) is 34.9. The number of benzene rings is 3. The highest BCUT2D eigenvalue weighted by Gasteiger charge is 2.49. The van der Waals surface area contributed by atoms with Gasteiger partial charge in [-0.05, 0) is 68.0 Å². The van der Waals surface area contributed by atoms with E-state index in [-0.39, 0.29) is 64.5 Å². The van der Waals surface area contributed by atoms with Crippen LogP contribution < -0.4 is 35.8 Å². The van der Waals surface area contributed by atoms with Gasteiger partial charge in [0.1, 0.15) is 23.4 Å². The first-order valence-corrected chi connectivity index (χ1v) is 21.1. The van der Waals surface area contributed by atoms with Crippen LogP contribution in [0.15, 0.2) is 66.9 Å². The van der Waals surface area contributed by atoms with Crippen molar-refractivity contribution in [1.29, 1.82) is 0 Å². The van der Waals surface area contributed by atoms with Crippen molar-refractivity contribution in [3.05, 3.63) is 94.9 Å². The average molecular weight is 884 g/mol. The van der Waals surface area contributed by atoms with E-state index in [9.17, 15) is 37.1 Å². The summed E-state index contributed by atoms with van der Waals surface area (Å²) in [5, 5.41) is 10.5. The lowest BCUT2D eigenvalue weighted by atomic mass is 9.85. The van der Waals surface area contributed by atoms with Crippen LogP contribution in [0, 0.1) is 11.7 Å². The van der Waals surface area contributed by atoms with Crippen molar-refractivity contribution in [2.24, 2.45) is 5.92 Å². The van der Waals surface area contributed by atoms with Gasteiger partial charge in [0.05, 0.1) is 52.1 Å². The zero-order valence-electron chi connectivity index (χ0n) is 34.9. The van der Waals surface area contributed by atoms with Gasteiger partial charge in [0.25, 0.3) is 17.7 Å². The minimum atomic E-state index is -4.72. The van der Waals surface area contributed by atoms with Crippen LogP contribution in [0.3, 0.4) is 0 Å². The van der Waals surface area contributed by atoms with Crippen LogP contribution in [-0.2, 0) is 15.8 Å². The van der Waals surface area contributed by atoms with Crippen molar-refractivity contribution in [3.63, 3.8) is 0 Å². The highest BCUT2D eigenvalue weighted by Crippen LogP contribution is 2.43. The molecule has 64 heavy (non-hydrogen) atoms. The number of methoxy groups -OCH3 is 1. The number of hydrogen-bond donors (Lipinski definition) is 4. The Balaban J connectivity index is 0.808. The summed E-state index contributed by atoms with van der Waals surface area (Å²) in [6.45, 7) is 3.92. The molecule has 1 aromatic heterocycles. The molecule has 19 heteroatoms. The Morgan fingerprint density at radius 2 is 1.61 bits per heavy atom. The van der Waals surface area contributed by atoms with Gasteiger partial charge in [-0.2, -0.15) is 13.2 Å². The lowest BCUT2D eigenvalue weighted by Crippen LogP contribution is -2.69. The molecule has 5 fully saturated rings. The Kier molecular flexibility index (Phi) is 11.1. The van der Waals surface area contributed by atoms with Crippen LogP contribution in [0.25, 0.3) is 0 Å². The van der Waals surface area contributed by atoms with Gasteiger partial charge in [-0.15, -0.1) is 0 Å². The number of ether oxygens (including phenoxy) is 1. The highest BCUT2D eigenvalue weighted by molar-refractivity contribution is 6.23. The second kappa shape index (κ2) is 16.7. The predicted molar refractivity (Wildman–Crippen MR) is 228 cm³/mol. The molecule has 0 radical (unpaired) electrons. The van der Waals surface area contributed by atoms with Crippen LogP contribution >= 0.6 is 0 Å². The normalized spacial score (nSPS) is 21.3. The van der Waals surface area contributed by atoms with Gasteiger partial charge in [-0.25, -0.2) is 9.37 Å². The summed E-state index contributed by atoms with van der Waals surface area (Å²) in [5.41, 5.74) is 0.765. The number of para-hydroxylation sites is 1. The van der Waals surface area contributed by atoms with Gasteiger partial charge >= 0.3 is 6.18 Å². The van der Waals surface area contributed by atoms with Gasteiger partial charge < -0.3 is 30.5 Å². The van der Waals surface area contributed by atoms with Crippen LogP contribution in [0.1, 0.15) is 68.7 Å². The van der Waals surface area contributed by atoms with E-state index in [0.717, 1.165) is 74.8 Å². The Labute approximate surface area is 365 Å². The van der Waals surface area contributed by atoms with Crippen LogP contribution in [0.5, 0.6) is 5.75 Å². The van der Waals surface area contributed by atoms with E-state index >= 15 is 4.39 Å². The van der Waals surface area contributed by atoms with Crippen LogP contribution in [0.2, 0.25) is 0 Å². The summed E-state index contributed by atoms with van der Waals surface area (Å²) in [6.07, 6.45) is -1.21. The van der Waals surface area contributed by atoms with E-state index in [4.69, 9.17) is 4.74 Å². The number of piperidine rings is 3. The van der Waals surface area contributed by atoms with Gasteiger partial charge in [0, 0.05) is 82.3 Å². The SMILES string of the molecule is CNC(=O)c1ccccc1Nc1cc(Nc2ccc(N3CCC(CN4CC5CC(C4)N5c4cc5c(cc4F)C(=O)N(C4CCC(=O)NC4=O)C5=O)CC3)cc2OC)ncc1C(F)(F)F. The third kappa shape index (κ3) is 7.92. The largest absolute Gasteiger partial charge is 0.494 e. The number of aromatic nitrogens is 1. The molecule has 3 aromatic carbocycles. The molecule has 0 saturated carbocycles. The summed E-state index contributed by atoms with van der Waals surface area (Å²) in [7, 11) is 2.95. The summed E-state index contributed by atoms with van der Waals surface area (Å²) in [6, 6.07) is 14.6. The van der Waals surface area contributed by atoms with Gasteiger partial charge in [-0.1, -0.05) is 12.1 Å². The average Bonchev–Trinajstić information content (AvgIpc) is 3.50. The summed E-state index contributed by atoms with van der Waals surface area (Å²) >= 11 is 0. The highest BCUT2D eigenvalue weighted by atomic mass is 19.4. The molecule has 3 atom stereocenters. The number of carbonyl (C=O) groups excluding carboxylic acids is 5. The molecular formula is C45H45F4N9O6. The smallest absolute Gasteiger partial charge is 0.419 e. The molecule has 0 spiro atoms. The fourth-order valence-corrected chi connectivity index (χ4v) is 9.70. The Morgan fingerprint density at radius 1 is 0.891 bits per heavy atom. The molecular weight excluding hydrogens is 839 g/mol. The number of hydrogen-bond acceptors (Lipinski definition) is 12. The first-order valence-electron chi connectivity index (χ1n) is 21.1. The number of anilines is 6. The number of carbonyl (C=O) groups is 5. The van der Waals surface area contributed by atoms with E-state index in [1.807, 2.05) is 17.0 Å². The van der Waals surface area contributed by atoms with E-state index in [2.05, 4.69) is 36.1 Å². The lowest BCUT2D eigenvalue weighted by Gasteiger charge is -2.58. The second-order valence-corrected chi connectivity index (χ2v) is 16.8. The molecule has 3 unspecified atom stereocenters. The molecule has 10 rings (SSSR count). The minimum Gasteiger partial charge on any atom is -0.494 e. The number of halogens is 4. The molecule has 5 saturated heterocycles. The van der Waals surface area contributed by atoms with E-state index in [0.29, 0.717) is 17.4 Å². The third-order valence-electron chi connectivity index (χ3n) is 12.9. The zero-order chi connectivity index (χ0) is 45.0. The lowest BCUT2D eigenvalue weighted by molar-refractivity contribution is -0.137. The number of rotatable bonds is 11. The maximum Gasteiger partial charge on any atom is 0.419 e. The fourth-order valence-electron chi connectivity index (χ4n) is 9.70. The quantitative estimate of drug-likeness (QED) is 0.108. The molecule has 7 heterocycles. The maximum absolute atomic E-state index is 15.7.